The van der Waals surface area contributed by atoms with Gasteiger partial charge in [0.2, 0.25) is 0 Å². The molecule has 0 aromatic heterocycles. The highest BCUT2D eigenvalue weighted by atomic mass is 79.9. The number of benzene rings is 2. The lowest BCUT2D eigenvalue weighted by Gasteiger charge is -2.35. The molecule has 0 saturated heterocycles. The average molecular weight is 467 g/mol. The molecule has 4 nitrogen and oxygen atoms in total. The Labute approximate surface area is 180 Å². The number of halogens is 2. The highest BCUT2D eigenvalue weighted by Crippen LogP contribution is 2.50. The van der Waals surface area contributed by atoms with E-state index in [4.69, 9.17) is 14.5 Å². The Hall–Kier alpha value is -1.56. The molecule has 6 heteroatoms. The minimum absolute atomic E-state index is 0. The second-order valence-corrected chi connectivity index (χ2v) is 9.33. The summed E-state index contributed by atoms with van der Waals surface area (Å²) in [4.78, 5) is 4.98. The minimum Gasteiger partial charge on any atom is -0.493 e. The summed E-state index contributed by atoms with van der Waals surface area (Å²) in [6.07, 6.45) is 0.0218. The van der Waals surface area contributed by atoms with Crippen LogP contribution in [0.15, 0.2) is 39.8 Å². The zero-order chi connectivity index (χ0) is 19.6. The first-order valence-corrected chi connectivity index (χ1v) is 9.89. The van der Waals surface area contributed by atoms with Gasteiger partial charge in [-0.15, -0.1) is 12.4 Å². The molecule has 0 spiro atoms. The van der Waals surface area contributed by atoms with Gasteiger partial charge in [-0.3, -0.25) is 4.99 Å². The van der Waals surface area contributed by atoms with E-state index in [-0.39, 0.29) is 18.0 Å². The van der Waals surface area contributed by atoms with Crippen molar-refractivity contribution in [2.75, 3.05) is 7.11 Å². The number of hydrogen-bond donors (Lipinski definition) is 1. The van der Waals surface area contributed by atoms with Gasteiger partial charge in [-0.1, -0.05) is 28.1 Å². The maximum atomic E-state index is 11.1. The summed E-state index contributed by atoms with van der Waals surface area (Å²) < 4.78 is 12.8. The number of rotatable bonds is 2. The van der Waals surface area contributed by atoms with E-state index in [9.17, 15) is 5.11 Å². The standard InChI is InChI=1S/C22H24BrNO3.ClH/c1-21(2)11-15-17-14(10-16(26-5)19(15)27-21)20(25)22(3,4)24-18(17)12-7-6-8-13(23)9-12;/h6-10,20,25H,11H2,1-5H3;1H. The van der Waals surface area contributed by atoms with Crippen molar-refractivity contribution in [1.82, 2.24) is 0 Å². The molecule has 150 valence electrons. The van der Waals surface area contributed by atoms with Gasteiger partial charge in [-0.05, 0) is 51.5 Å². The van der Waals surface area contributed by atoms with Crippen LogP contribution >= 0.6 is 28.3 Å². The molecular formula is C22H25BrClNO3. The van der Waals surface area contributed by atoms with E-state index in [1.807, 2.05) is 32.0 Å². The SMILES string of the molecule is COc1cc2c(c3c1OC(C)(C)C3)C(c1cccc(Br)c1)=NC(C)(C)C2O.Cl. The quantitative estimate of drug-likeness (QED) is 0.657. The molecule has 0 aliphatic carbocycles. The van der Waals surface area contributed by atoms with Crippen molar-refractivity contribution in [2.45, 2.75) is 51.4 Å². The second kappa shape index (κ2) is 7.05. The lowest BCUT2D eigenvalue weighted by atomic mass is 9.79. The van der Waals surface area contributed by atoms with Crippen molar-refractivity contribution in [2.24, 2.45) is 4.99 Å². The lowest BCUT2D eigenvalue weighted by molar-refractivity contribution is 0.103. The molecule has 2 aliphatic rings. The first kappa shape index (κ1) is 21.2. The molecule has 0 bridgehead atoms. The predicted molar refractivity (Wildman–Crippen MR) is 117 cm³/mol. The van der Waals surface area contributed by atoms with Gasteiger partial charge in [0.05, 0.1) is 18.4 Å². The maximum Gasteiger partial charge on any atom is 0.166 e. The van der Waals surface area contributed by atoms with Gasteiger partial charge in [-0.25, -0.2) is 0 Å². The number of methoxy groups -OCH3 is 1. The molecule has 4 rings (SSSR count). The summed E-state index contributed by atoms with van der Waals surface area (Å²) in [5, 5.41) is 11.1. The van der Waals surface area contributed by atoms with Crippen LogP contribution in [0, 0.1) is 0 Å². The fourth-order valence-corrected chi connectivity index (χ4v) is 4.41. The van der Waals surface area contributed by atoms with Gasteiger partial charge in [0.15, 0.2) is 11.5 Å². The van der Waals surface area contributed by atoms with E-state index >= 15 is 0 Å². The van der Waals surface area contributed by atoms with Gasteiger partial charge in [0.1, 0.15) is 11.7 Å². The number of aliphatic hydroxyl groups is 1. The first-order chi connectivity index (χ1) is 12.6. The number of aliphatic hydroxyl groups excluding tert-OH is 1. The topological polar surface area (TPSA) is 51.0 Å². The summed E-state index contributed by atoms with van der Waals surface area (Å²) in [7, 11) is 1.64. The van der Waals surface area contributed by atoms with Crippen molar-refractivity contribution in [3.63, 3.8) is 0 Å². The Morgan fingerprint density at radius 3 is 2.57 bits per heavy atom. The van der Waals surface area contributed by atoms with Crippen LogP contribution in [0.3, 0.4) is 0 Å². The highest BCUT2D eigenvalue weighted by Gasteiger charge is 2.43. The average Bonchev–Trinajstić information content (AvgIpc) is 2.92. The second-order valence-electron chi connectivity index (χ2n) is 8.42. The van der Waals surface area contributed by atoms with E-state index in [1.54, 1.807) is 7.11 Å². The van der Waals surface area contributed by atoms with Gasteiger partial charge in [0, 0.05) is 27.6 Å². The third kappa shape index (κ3) is 3.34. The molecule has 0 radical (unpaired) electrons. The van der Waals surface area contributed by atoms with E-state index in [0.29, 0.717) is 5.75 Å². The van der Waals surface area contributed by atoms with Gasteiger partial charge < -0.3 is 14.6 Å². The molecule has 28 heavy (non-hydrogen) atoms. The van der Waals surface area contributed by atoms with Crippen LogP contribution in [0.5, 0.6) is 11.5 Å². The Morgan fingerprint density at radius 1 is 1.21 bits per heavy atom. The van der Waals surface area contributed by atoms with Gasteiger partial charge in [-0.2, -0.15) is 0 Å². The van der Waals surface area contributed by atoms with E-state index < -0.39 is 11.6 Å². The van der Waals surface area contributed by atoms with Crippen LogP contribution in [-0.4, -0.2) is 29.1 Å². The van der Waals surface area contributed by atoms with E-state index in [2.05, 4.69) is 41.9 Å². The van der Waals surface area contributed by atoms with Crippen LogP contribution in [0.4, 0.5) is 0 Å². The summed E-state index contributed by atoms with van der Waals surface area (Å²) in [5.74, 6) is 1.43. The van der Waals surface area contributed by atoms with Gasteiger partial charge >= 0.3 is 0 Å². The van der Waals surface area contributed by atoms with Crippen LogP contribution in [-0.2, 0) is 6.42 Å². The number of hydrogen-bond acceptors (Lipinski definition) is 4. The largest absolute Gasteiger partial charge is 0.493 e. The summed E-state index contributed by atoms with van der Waals surface area (Å²) >= 11 is 3.56. The molecule has 0 saturated carbocycles. The maximum absolute atomic E-state index is 11.1. The van der Waals surface area contributed by atoms with E-state index in [0.717, 1.165) is 44.6 Å². The van der Waals surface area contributed by atoms with Crippen LogP contribution < -0.4 is 9.47 Å². The van der Waals surface area contributed by atoms with Crippen molar-refractivity contribution < 1.29 is 14.6 Å². The fraction of sp³-hybridized carbons (Fsp3) is 0.409. The third-order valence-corrected chi connectivity index (χ3v) is 5.77. The fourth-order valence-electron chi connectivity index (χ4n) is 4.01. The Bertz CT molecular complexity index is 968. The smallest absolute Gasteiger partial charge is 0.166 e. The molecular weight excluding hydrogens is 442 g/mol. The molecule has 2 aromatic carbocycles. The molecule has 0 amide bonds. The van der Waals surface area contributed by atoms with Crippen molar-refractivity contribution in [3.05, 3.63) is 57.1 Å². The molecule has 2 aliphatic heterocycles. The Kier molecular flexibility index (Phi) is 5.32. The van der Waals surface area contributed by atoms with Crippen LogP contribution in [0.25, 0.3) is 0 Å². The molecule has 1 atom stereocenters. The van der Waals surface area contributed by atoms with Crippen molar-refractivity contribution >= 4 is 34.0 Å². The first-order valence-electron chi connectivity index (χ1n) is 9.10. The third-order valence-electron chi connectivity index (χ3n) is 5.27. The normalized spacial score (nSPS) is 21.0. The molecule has 2 aromatic rings. The van der Waals surface area contributed by atoms with Gasteiger partial charge in [0.25, 0.3) is 0 Å². The minimum atomic E-state index is -0.716. The predicted octanol–water partition coefficient (Wildman–Crippen LogP) is 5.26. The summed E-state index contributed by atoms with van der Waals surface area (Å²) in [6, 6.07) is 10.0. The monoisotopic (exact) mass is 465 g/mol. The summed E-state index contributed by atoms with van der Waals surface area (Å²) in [6.45, 7) is 8.05. The molecule has 2 heterocycles. The van der Waals surface area contributed by atoms with Crippen LogP contribution in [0.2, 0.25) is 0 Å². The molecule has 1 unspecified atom stereocenters. The number of ether oxygens (including phenoxy) is 2. The Morgan fingerprint density at radius 2 is 1.93 bits per heavy atom. The lowest BCUT2D eigenvalue weighted by Crippen LogP contribution is -2.35. The number of aliphatic imine (C=N–C) groups is 1. The summed E-state index contributed by atoms with van der Waals surface area (Å²) in [5.41, 5.74) is 3.82. The molecule has 0 fully saturated rings. The van der Waals surface area contributed by atoms with Crippen molar-refractivity contribution in [3.8, 4) is 11.5 Å². The van der Waals surface area contributed by atoms with Crippen LogP contribution in [0.1, 0.15) is 56.1 Å². The highest BCUT2D eigenvalue weighted by molar-refractivity contribution is 9.10. The number of nitrogens with zero attached hydrogens (tertiary/aromatic N) is 1. The van der Waals surface area contributed by atoms with Crippen molar-refractivity contribution in [1.29, 1.82) is 0 Å². The van der Waals surface area contributed by atoms with E-state index in [1.165, 1.54) is 0 Å². The zero-order valence-electron chi connectivity index (χ0n) is 16.7. The molecule has 1 N–H and O–H groups in total. The Balaban J connectivity index is 0.00000225. The number of fused-ring (bicyclic) bond motifs is 3. The zero-order valence-corrected chi connectivity index (χ0v) is 19.1.